The Balaban J connectivity index is 1.66. The molecule has 0 radical (unpaired) electrons. The van der Waals surface area contributed by atoms with E-state index in [0.29, 0.717) is 18.8 Å². The number of rotatable bonds is 6. The lowest BCUT2D eigenvalue weighted by Gasteiger charge is -2.32. The van der Waals surface area contributed by atoms with E-state index in [1.165, 1.54) is 11.1 Å². The van der Waals surface area contributed by atoms with Gasteiger partial charge in [-0.2, -0.15) is 0 Å². The molecule has 1 aliphatic heterocycles. The van der Waals surface area contributed by atoms with Gasteiger partial charge in [0.15, 0.2) is 5.69 Å². The molecule has 26 heavy (non-hydrogen) atoms. The minimum absolute atomic E-state index is 0.0335. The molecule has 140 valence electrons. The van der Waals surface area contributed by atoms with Crippen LogP contribution in [0.15, 0.2) is 30.5 Å². The first-order chi connectivity index (χ1) is 12.6. The molecule has 6 heteroatoms. The molecular weight excluding hydrogens is 326 g/mol. The van der Waals surface area contributed by atoms with Crippen molar-refractivity contribution in [3.63, 3.8) is 0 Å². The van der Waals surface area contributed by atoms with Crippen molar-refractivity contribution in [2.24, 2.45) is 0 Å². The highest BCUT2D eigenvalue weighted by Gasteiger charge is 2.24. The van der Waals surface area contributed by atoms with E-state index in [1.54, 1.807) is 4.90 Å². The van der Waals surface area contributed by atoms with Gasteiger partial charge < -0.3 is 4.90 Å². The van der Waals surface area contributed by atoms with E-state index in [0.717, 1.165) is 32.5 Å². The van der Waals surface area contributed by atoms with Crippen LogP contribution < -0.4 is 0 Å². The van der Waals surface area contributed by atoms with Crippen LogP contribution in [0.1, 0.15) is 54.3 Å². The number of piperidine rings is 1. The summed E-state index contributed by atoms with van der Waals surface area (Å²) in [6.45, 7) is 10.5. The largest absolute Gasteiger partial charge is 0.338 e. The minimum Gasteiger partial charge on any atom is -0.338 e. The van der Waals surface area contributed by atoms with Gasteiger partial charge >= 0.3 is 0 Å². The predicted molar refractivity (Wildman–Crippen MR) is 102 cm³/mol. The summed E-state index contributed by atoms with van der Waals surface area (Å²) >= 11 is 0. The number of aryl methyl sites for hydroxylation is 1. The molecule has 0 saturated carbocycles. The van der Waals surface area contributed by atoms with E-state index >= 15 is 0 Å². The second-order valence-corrected chi connectivity index (χ2v) is 7.02. The molecular formula is C20H29N5O. The number of carbonyl (C=O) groups excluding carboxylic acids is 1. The summed E-state index contributed by atoms with van der Waals surface area (Å²) in [5, 5.41) is 8.40. The fourth-order valence-corrected chi connectivity index (χ4v) is 3.65. The van der Waals surface area contributed by atoms with Gasteiger partial charge in [0.2, 0.25) is 0 Å². The van der Waals surface area contributed by atoms with E-state index in [4.69, 9.17) is 0 Å². The number of aromatic nitrogens is 3. The molecule has 3 rings (SSSR count). The Hall–Kier alpha value is -2.21. The fourth-order valence-electron chi connectivity index (χ4n) is 3.65. The normalized spacial score (nSPS) is 18.0. The van der Waals surface area contributed by atoms with Crippen LogP contribution in [0.5, 0.6) is 0 Å². The second-order valence-electron chi connectivity index (χ2n) is 7.02. The summed E-state index contributed by atoms with van der Waals surface area (Å²) < 4.78 is 1.89. The molecule has 1 saturated heterocycles. The lowest BCUT2D eigenvalue weighted by Crippen LogP contribution is -2.36. The van der Waals surface area contributed by atoms with Crippen LogP contribution in [-0.2, 0) is 6.54 Å². The molecule has 1 aromatic heterocycles. The average molecular weight is 355 g/mol. The van der Waals surface area contributed by atoms with Gasteiger partial charge in [-0.3, -0.25) is 9.69 Å². The summed E-state index contributed by atoms with van der Waals surface area (Å²) in [6.07, 6.45) is 4.03. The zero-order chi connectivity index (χ0) is 18.5. The van der Waals surface area contributed by atoms with E-state index in [-0.39, 0.29) is 11.9 Å². The molecule has 1 amide bonds. The third-order valence-electron chi connectivity index (χ3n) is 5.29. The number of amides is 1. The number of hydrogen-bond acceptors (Lipinski definition) is 4. The molecule has 2 heterocycles. The molecule has 1 fully saturated rings. The first-order valence-corrected chi connectivity index (χ1v) is 9.60. The summed E-state index contributed by atoms with van der Waals surface area (Å²) in [6, 6.07) is 8.83. The Bertz CT molecular complexity index is 737. The van der Waals surface area contributed by atoms with Crippen LogP contribution in [0, 0.1) is 6.92 Å². The summed E-state index contributed by atoms with van der Waals surface area (Å²) in [5.74, 6) is -0.0335. The number of benzene rings is 1. The van der Waals surface area contributed by atoms with Crippen LogP contribution in [0.4, 0.5) is 0 Å². The zero-order valence-electron chi connectivity index (χ0n) is 16.1. The Morgan fingerprint density at radius 3 is 2.77 bits per heavy atom. The van der Waals surface area contributed by atoms with Crippen molar-refractivity contribution in [3.8, 4) is 0 Å². The van der Waals surface area contributed by atoms with Crippen LogP contribution in [0.2, 0.25) is 0 Å². The minimum atomic E-state index is -0.0335. The SMILES string of the molecule is CCN(CC)C(=O)c1cn(C2CCCN(Cc3ccccc3C)C2)nn1. The van der Waals surface area contributed by atoms with E-state index in [2.05, 4.69) is 46.4 Å². The molecule has 1 aromatic carbocycles. The standard InChI is InChI=1S/C20H29N5O/c1-4-24(5-2)20(26)19-15-25(22-21-19)18-11-8-12-23(14-18)13-17-10-7-6-9-16(17)3/h6-7,9-10,15,18H,4-5,8,11-14H2,1-3H3. The molecule has 0 spiro atoms. The Morgan fingerprint density at radius 1 is 1.27 bits per heavy atom. The van der Waals surface area contributed by atoms with Crippen molar-refractivity contribution in [1.29, 1.82) is 0 Å². The smallest absolute Gasteiger partial charge is 0.276 e. The lowest BCUT2D eigenvalue weighted by atomic mass is 10.0. The Morgan fingerprint density at radius 2 is 2.04 bits per heavy atom. The van der Waals surface area contributed by atoms with Crippen molar-refractivity contribution in [1.82, 2.24) is 24.8 Å². The molecule has 1 atom stereocenters. The van der Waals surface area contributed by atoms with Gasteiger partial charge in [-0.1, -0.05) is 29.5 Å². The Kier molecular flexibility index (Phi) is 6.04. The molecule has 0 N–H and O–H groups in total. The highest BCUT2D eigenvalue weighted by molar-refractivity contribution is 5.91. The monoisotopic (exact) mass is 355 g/mol. The van der Waals surface area contributed by atoms with Gasteiger partial charge in [0.25, 0.3) is 5.91 Å². The first-order valence-electron chi connectivity index (χ1n) is 9.60. The predicted octanol–water partition coefficient (Wildman–Crippen LogP) is 2.91. The number of nitrogens with zero attached hydrogens (tertiary/aromatic N) is 5. The number of hydrogen-bond donors (Lipinski definition) is 0. The maximum absolute atomic E-state index is 12.4. The highest BCUT2D eigenvalue weighted by Crippen LogP contribution is 2.23. The highest BCUT2D eigenvalue weighted by atomic mass is 16.2. The first kappa shape index (κ1) is 18.6. The van der Waals surface area contributed by atoms with Crippen molar-refractivity contribution in [2.45, 2.75) is 46.2 Å². The van der Waals surface area contributed by atoms with Crippen LogP contribution in [-0.4, -0.2) is 56.9 Å². The van der Waals surface area contributed by atoms with Crippen molar-refractivity contribution in [2.75, 3.05) is 26.2 Å². The van der Waals surface area contributed by atoms with E-state index < -0.39 is 0 Å². The summed E-state index contributed by atoms with van der Waals surface area (Å²) in [4.78, 5) is 16.7. The van der Waals surface area contributed by atoms with Gasteiger partial charge in [0.05, 0.1) is 12.2 Å². The van der Waals surface area contributed by atoms with Crippen LogP contribution in [0.3, 0.4) is 0 Å². The second kappa shape index (κ2) is 8.45. The third-order valence-corrected chi connectivity index (χ3v) is 5.29. The quantitative estimate of drug-likeness (QED) is 0.799. The fraction of sp³-hybridized carbons (Fsp3) is 0.550. The molecule has 0 bridgehead atoms. The van der Waals surface area contributed by atoms with E-state index in [1.807, 2.05) is 24.7 Å². The zero-order valence-corrected chi connectivity index (χ0v) is 16.1. The van der Waals surface area contributed by atoms with Crippen molar-refractivity contribution in [3.05, 3.63) is 47.3 Å². The van der Waals surface area contributed by atoms with Crippen molar-refractivity contribution >= 4 is 5.91 Å². The van der Waals surface area contributed by atoms with Gasteiger partial charge in [0.1, 0.15) is 0 Å². The van der Waals surface area contributed by atoms with Gasteiger partial charge in [-0.05, 0) is 51.3 Å². The van der Waals surface area contributed by atoms with Gasteiger partial charge in [-0.15, -0.1) is 5.10 Å². The third kappa shape index (κ3) is 4.12. The topological polar surface area (TPSA) is 54.3 Å². The average Bonchev–Trinajstić information content (AvgIpc) is 3.15. The van der Waals surface area contributed by atoms with E-state index in [9.17, 15) is 4.79 Å². The molecule has 1 unspecified atom stereocenters. The molecule has 2 aromatic rings. The van der Waals surface area contributed by atoms with Gasteiger partial charge in [-0.25, -0.2) is 4.68 Å². The number of likely N-dealkylation sites (tertiary alicyclic amines) is 1. The molecule has 0 aliphatic carbocycles. The van der Waals surface area contributed by atoms with Crippen LogP contribution >= 0.6 is 0 Å². The number of carbonyl (C=O) groups is 1. The summed E-state index contributed by atoms with van der Waals surface area (Å²) in [5.41, 5.74) is 3.16. The van der Waals surface area contributed by atoms with Crippen molar-refractivity contribution < 1.29 is 4.79 Å². The van der Waals surface area contributed by atoms with Crippen LogP contribution in [0.25, 0.3) is 0 Å². The molecule has 6 nitrogen and oxygen atoms in total. The maximum atomic E-state index is 12.4. The Labute approximate surface area is 155 Å². The summed E-state index contributed by atoms with van der Waals surface area (Å²) in [7, 11) is 0. The lowest BCUT2D eigenvalue weighted by molar-refractivity contribution is 0.0767. The molecule has 1 aliphatic rings. The maximum Gasteiger partial charge on any atom is 0.276 e. The van der Waals surface area contributed by atoms with Gasteiger partial charge in [0, 0.05) is 26.2 Å².